The average molecular weight is 463 g/mol. The maximum atomic E-state index is 10.7. The van der Waals surface area contributed by atoms with E-state index in [-0.39, 0.29) is 0 Å². The van der Waals surface area contributed by atoms with Crippen molar-refractivity contribution < 1.29 is 14.9 Å². The maximum Gasteiger partial charge on any atom is 0.164 e. The number of ether oxygens (including phenoxy) is 1. The number of thioether (sulfide) groups is 1. The molecule has 7 nitrogen and oxygen atoms in total. The Labute approximate surface area is 196 Å². The molecule has 5 rings (SSSR count). The number of nitrogens with two attached hydrogens (primary N) is 1. The first-order valence-electron chi connectivity index (χ1n) is 10.8. The summed E-state index contributed by atoms with van der Waals surface area (Å²) in [5.41, 5.74) is 11.4. The fourth-order valence-corrected chi connectivity index (χ4v) is 5.56. The molecule has 4 N–H and O–H groups in total. The largest absolute Gasteiger partial charge is 0.387 e. The minimum Gasteiger partial charge on any atom is -0.387 e. The molecule has 0 bridgehead atoms. The Morgan fingerprint density at radius 2 is 1.85 bits per heavy atom. The number of aromatic nitrogens is 3. The molecule has 1 saturated heterocycles. The highest BCUT2D eigenvalue weighted by molar-refractivity contribution is 7.98. The van der Waals surface area contributed by atoms with Crippen molar-refractivity contribution in [3.63, 3.8) is 0 Å². The van der Waals surface area contributed by atoms with Gasteiger partial charge in [-0.3, -0.25) is 0 Å². The topological polar surface area (TPSA) is 106 Å². The Morgan fingerprint density at radius 1 is 1.03 bits per heavy atom. The van der Waals surface area contributed by atoms with Crippen LogP contribution in [0.1, 0.15) is 17.4 Å². The number of aliphatic hydroxyl groups is 2. The van der Waals surface area contributed by atoms with Crippen LogP contribution in [0.5, 0.6) is 0 Å². The second-order valence-corrected chi connectivity index (χ2v) is 9.28. The van der Waals surface area contributed by atoms with Gasteiger partial charge in [-0.15, -0.1) is 0 Å². The van der Waals surface area contributed by atoms with Crippen molar-refractivity contribution in [3.05, 3.63) is 78.2 Å². The third kappa shape index (κ3) is 4.11. The second-order valence-electron chi connectivity index (χ2n) is 8.25. The normalized spacial score (nSPS) is 22.8. The lowest BCUT2D eigenvalue weighted by atomic mass is 9.97. The third-order valence-electron chi connectivity index (χ3n) is 6.17. The molecule has 33 heavy (non-hydrogen) atoms. The minimum absolute atomic E-state index is 0.367. The van der Waals surface area contributed by atoms with E-state index in [9.17, 15) is 10.2 Å². The van der Waals surface area contributed by atoms with Gasteiger partial charge in [0.05, 0.1) is 11.5 Å². The summed E-state index contributed by atoms with van der Waals surface area (Å²) in [6.45, 7) is 2.12. The van der Waals surface area contributed by atoms with Crippen molar-refractivity contribution >= 4 is 28.6 Å². The van der Waals surface area contributed by atoms with E-state index in [2.05, 4.69) is 47.2 Å². The summed E-state index contributed by atoms with van der Waals surface area (Å²) >= 11 is 1.69. The highest BCUT2D eigenvalue weighted by atomic mass is 32.2. The van der Waals surface area contributed by atoms with Gasteiger partial charge in [0.2, 0.25) is 0 Å². The van der Waals surface area contributed by atoms with E-state index in [0.717, 1.165) is 5.75 Å². The summed E-state index contributed by atoms with van der Waals surface area (Å²) in [6, 6.07) is 18.5. The second kappa shape index (κ2) is 9.15. The summed E-state index contributed by atoms with van der Waals surface area (Å²) in [6.07, 6.45) is -0.172. The molecule has 4 aromatic rings. The van der Waals surface area contributed by atoms with Crippen molar-refractivity contribution in [3.8, 4) is 11.1 Å². The van der Waals surface area contributed by atoms with E-state index in [1.54, 1.807) is 28.6 Å². The Hall–Kier alpha value is -2.91. The van der Waals surface area contributed by atoms with Crippen LogP contribution in [-0.2, 0) is 10.5 Å². The zero-order chi connectivity index (χ0) is 22.9. The van der Waals surface area contributed by atoms with E-state index in [4.69, 9.17) is 10.5 Å². The van der Waals surface area contributed by atoms with Crippen LogP contribution in [0.25, 0.3) is 22.2 Å². The standard InChI is InChI=1S/C25H26N4O3S/c1-15-6-5-9-17(16-7-3-2-4-8-16)19(15)12-33-13-20-21(30)22(31)25(32-20)29-11-10-18-23(26)27-14-28-24(18)29/h2-11,14,20-22,25,30-31H,12-13H2,1H3,(H2,26,27,28)/t20-,21-,22-,25-/m1/s1. The van der Waals surface area contributed by atoms with Gasteiger partial charge in [0.1, 0.15) is 30.0 Å². The fraction of sp³-hybridized carbons (Fsp3) is 0.280. The Morgan fingerprint density at radius 3 is 2.67 bits per heavy atom. The van der Waals surface area contributed by atoms with Crippen LogP contribution in [0.4, 0.5) is 5.82 Å². The number of nitrogens with zero attached hydrogens (tertiary/aromatic N) is 3. The maximum absolute atomic E-state index is 10.7. The predicted octanol–water partition coefficient (Wildman–Crippen LogP) is 3.54. The van der Waals surface area contributed by atoms with Gasteiger partial charge < -0.3 is 25.3 Å². The predicted molar refractivity (Wildman–Crippen MR) is 131 cm³/mol. The fourth-order valence-electron chi connectivity index (χ4n) is 4.35. The molecule has 1 aliphatic rings. The quantitative estimate of drug-likeness (QED) is 0.402. The molecule has 4 atom stereocenters. The molecule has 1 fully saturated rings. The molecule has 0 spiro atoms. The number of fused-ring (bicyclic) bond motifs is 1. The van der Waals surface area contributed by atoms with Crippen molar-refractivity contribution in [1.29, 1.82) is 0 Å². The van der Waals surface area contributed by atoms with Gasteiger partial charge in [-0.05, 0) is 35.2 Å². The van der Waals surface area contributed by atoms with Crippen molar-refractivity contribution in [2.24, 2.45) is 0 Å². The van der Waals surface area contributed by atoms with E-state index in [1.165, 1.54) is 28.6 Å². The lowest BCUT2D eigenvalue weighted by Gasteiger charge is -2.17. The van der Waals surface area contributed by atoms with Crippen LogP contribution in [0.2, 0.25) is 0 Å². The molecule has 2 aromatic carbocycles. The number of hydrogen-bond acceptors (Lipinski definition) is 7. The summed E-state index contributed by atoms with van der Waals surface area (Å²) in [4.78, 5) is 8.27. The minimum atomic E-state index is -1.07. The van der Waals surface area contributed by atoms with Crippen LogP contribution in [0.15, 0.2) is 67.1 Å². The monoisotopic (exact) mass is 462 g/mol. The van der Waals surface area contributed by atoms with E-state index in [0.29, 0.717) is 22.6 Å². The molecule has 0 unspecified atom stereocenters. The highest BCUT2D eigenvalue weighted by Gasteiger charge is 2.43. The number of anilines is 1. The number of benzene rings is 2. The van der Waals surface area contributed by atoms with Gasteiger partial charge in [0.15, 0.2) is 6.23 Å². The molecular weight excluding hydrogens is 436 g/mol. The van der Waals surface area contributed by atoms with E-state index < -0.39 is 24.5 Å². The van der Waals surface area contributed by atoms with E-state index >= 15 is 0 Å². The van der Waals surface area contributed by atoms with Gasteiger partial charge in [-0.2, -0.15) is 11.8 Å². The van der Waals surface area contributed by atoms with Crippen LogP contribution >= 0.6 is 11.8 Å². The Bertz CT molecular complexity index is 1260. The first-order valence-corrected chi connectivity index (χ1v) is 12.0. The third-order valence-corrected chi connectivity index (χ3v) is 7.23. The van der Waals surface area contributed by atoms with Crippen molar-refractivity contribution in [1.82, 2.24) is 14.5 Å². The van der Waals surface area contributed by atoms with Gasteiger partial charge in [0.25, 0.3) is 0 Å². The Balaban J connectivity index is 1.30. The lowest BCUT2D eigenvalue weighted by Crippen LogP contribution is -2.32. The van der Waals surface area contributed by atoms with E-state index in [1.807, 2.05) is 18.2 Å². The van der Waals surface area contributed by atoms with Crippen LogP contribution in [0.3, 0.4) is 0 Å². The van der Waals surface area contributed by atoms with Crippen molar-refractivity contribution in [2.45, 2.75) is 37.2 Å². The smallest absolute Gasteiger partial charge is 0.164 e. The van der Waals surface area contributed by atoms with Gasteiger partial charge in [-0.25, -0.2) is 9.97 Å². The molecule has 2 aromatic heterocycles. The number of aliphatic hydroxyl groups excluding tert-OH is 2. The van der Waals surface area contributed by atoms with Crippen LogP contribution < -0.4 is 5.73 Å². The summed E-state index contributed by atoms with van der Waals surface area (Å²) in [5, 5.41) is 22.1. The molecule has 3 heterocycles. The highest BCUT2D eigenvalue weighted by Crippen LogP contribution is 2.35. The number of hydrogen-bond donors (Lipinski definition) is 3. The zero-order valence-corrected chi connectivity index (χ0v) is 19.0. The SMILES string of the molecule is Cc1cccc(-c2ccccc2)c1CSC[C@H]1O[C@@H](n2ccc3c(N)ncnc32)[C@H](O)[C@@H]1O. The number of nitrogen functional groups attached to an aromatic ring is 1. The molecular formula is C25H26N4O3S. The molecule has 0 aliphatic carbocycles. The van der Waals surface area contributed by atoms with Crippen LogP contribution in [-0.4, -0.2) is 48.8 Å². The molecule has 0 amide bonds. The lowest BCUT2D eigenvalue weighted by molar-refractivity contribution is -0.0285. The number of rotatable bonds is 6. The van der Waals surface area contributed by atoms with Crippen LogP contribution in [0, 0.1) is 6.92 Å². The Kier molecular flexibility index (Phi) is 6.07. The first kappa shape index (κ1) is 21.9. The molecule has 170 valence electrons. The van der Waals surface area contributed by atoms with Gasteiger partial charge in [0, 0.05) is 17.7 Å². The average Bonchev–Trinajstić information content (AvgIpc) is 3.38. The molecule has 1 aliphatic heterocycles. The molecule has 0 saturated carbocycles. The first-order chi connectivity index (χ1) is 16.0. The van der Waals surface area contributed by atoms with Crippen molar-refractivity contribution in [2.75, 3.05) is 11.5 Å². The molecule has 8 heteroatoms. The van der Waals surface area contributed by atoms with Gasteiger partial charge >= 0.3 is 0 Å². The summed E-state index contributed by atoms with van der Waals surface area (Å²) < 4.78 is 7.81. The number of aryl methyl sites for hydroxylation is 1. The summed E-state index contributed by atoms with van der Waals surface area (Å²) in [5.74, 6) is 1.69. The summed E-state index contributed by atoms with van der Waals surface area (Å²) in [7, 11) is 0. The molecule has 0 radical (unpaired) electrons. The van der Waals surface area contributed by atoms with Gasteiger partial charge in [-0.1, -0.05) is 48.5 Å². The zero-order valence-electron chi connectivity index (χ0n) is 18.2.